The van der Waals surface area contributed by atoms with Crippen molar-refractivity contribution < 1.29 is 14.3 Å². The molecule has 1 amide bonds. The quantitative estimate of drug-likeness (QED) is 0.771. The minimum atomic E-state index is -0.506. The van der Waals surface area contributed by atoms with Gasteiger partial charge in [-0.05, 0) is 27.2 Å². The Morgan fingerprint density at radius 1 is 1.56 bits per heavy atom. The summed E-state index contributed by atoms with van der Waals surface area (Å²) in [6.45, 7) is 7.99. The van der Waals surface area contributed by atoms with E-state index in [4.69, 9.17) is 14.7 Å². The maximum absolute atomic E-state index is 12.0. The van der Waals surface area contributed by atoms with E-state index in [-0.39, 0.29) is 6.09 Å². The molecule has 0 aliphatic carbocycles. The van der Waals surface area contributed by atoms with Gasteiger partial charge in [0.2, 0.25) is 0 Å². The van der Waals surface area contributed by atoms with Crippen LogP contribution in [0.4, 0.5) is 4.79 Å². The van der Waals surface area contributed by atoms with Crippen LogP contribution in [0.2, 0.25) is 0 Å². The van der Waals surface area contributed by atoms with Crippen LogP contribution in [0.1, 0.15) is 33.6 Å². The zero-order valence-electron chi connectivity index (χ0n) is 11.4. The molecule has 5 heteroatoms. The predicted molar refractivity (Wildman–Crippen MR) is 67.0 cm³/mol. The molecule has 0 saturated carbocycles. The number of rotatable bonds is 4. The van der Waals surface area contributed by atoms with Crippen molar-refractivity contribution in [2.45, 2.75) is 39.2 Å². The van der Waals surface area contributed by atoms with E-state index in [1.807, 2.05) is 20.8 Å². The highest BCUT2D eigenvalue weighted by Crippen LogP contribution is 2.16. The Kier molecular flexibility index (Phi) is 5.42. The minimum Gasteiger partial charge on any atom is -0.444 e. The van der Waals surface area contributed by atoms with Gasteiger partial charge >= 0.3 is 6.09 Å². The molecule has 1 unspecified atom stereocenters. The summed E-state index contributed by atoms with van der Waals surface area (Å²) in [5, 5.41) is 8.64. The van der Waals surface area contributed by atoms with Gasteiger partial charge in [-0.1, -0.05) is 0 Å². The Bertz CT molecular complexity index is 311. The standard InChI is InChI=1S/C13H22N2O3/c1-13(2,3)18-12(16)15(7-4-6-14)9-11-5-8-17-10-11/h11H,4-5,7-10H2,1-3H3. The van der Waals surface area contributed by atoms with E-state index in [9.17, 15) is 4.79 Å². The SMILES string of the molecule is CC(C)(C)OC(=O)N(CCC#N)CC1CCOC1. The smallest absolute Gasteiger partial charge is 0.410 e. The molecule has 0 bridgehead atoms. The summed E-state index contributed by atoms with van der Waals surface area (Å²) >= 11 is 0. The molecule has 1 aliphatic rings. The summed E-state index contributed by atoms with van der Waals surface area (Å²) in [4.78, 5) is 13.6. The van der Waals surface area contributed by atoms with Crippen LogP contribution in [0.5, 0.6) is 0 Å². The zero-order valence-corrected chi connectivity index (χ0v) is 11.4. The van der Waals surface area contributed by atoms with Crippen LogP contribution in [0.3, 0.4) is 0 Å². The fourth-order valence-corrected chi connectivity index (χ4v) is 1.81. The highest BCUT2D eigenvalue weighted by molar-refractivity contribution is 5.68. The average Bonchev–Trinajstić information content (AvgIpc) is 2.74. The Morgan fingerprint density at radius 2 is 2.28 bits per heavy atom. The zero-order chi connectivity index (χ0) is 13.6. The lowest BCUT2D eigenvalue weighted by molar-refractivity contribution is 0.0221. The van der Waals surface area contributed by atoms with Crippen molar-refractivity contribution in [2.24, 2.45) is 5.92 Å². The van der Waals surface area contributed by atoms with E-state index < -0.39 is 5.60 Å². The molecule has 18 heavy (non-hydrogen) atoms. The largest absolute Gasteiger partial charge is 0.444 e. The maximum atomic E-state index is 12.0. The molecule has 0 aromatic heterocycles. The minimum absolute atomic E-state index is 0.326. The van der Waals surface area contributed by atoms with Gasteiger partial charge in [0.1, 0.15) is 5.60 Å². The number of nitriles is 1. The van der Waals surface area contributed by atoms with Crippen LogP contribution < -0.4 is 0 Å². The second kappa shape index (κ2) is 6.60. The molecule has 1 aliphatic heterocycles. The van der Waals surface area contributed by atoms with E-state index in [0.29, 0.717) is 32.0 Å². The maximum Gasteiger partial charge on any atom is 0.410 e. The number of amides is 1. The van der Waals surface area contributed by atoms with Crippen molar-refractivity contribution >= 4 is 6.09 Å². The normalized spacial score (nSPS) is 19.3. The second-order valence-corrected chi connectivity index (χ2v) is 5.56. The number of hydrogen-bond acceptors (Lipinski definition) is 4. The lowest BCUT2D eigenvalue weighted by atomic mass is 10.1. The van der Waals surface area contributed by atoms with Gasteiger partial charge in [-0.15, -0.1) is 0 Å². The molecule has 0 radical (unpaired) electrons. The first kappa shape index (κ1) is 14.8. The van der Waals surface area contributed by atoms with E-state index in [0.717, 1.165) is 13.0 Å². The highest BCUT2D eigenvalue weighted by atomic mass is 16.6. The highest BCUT2D eigenvalue weighted by Gasteiger charge is 2.26. The van der Waals surface area contributed by atoms with Crippen molar-refractivity contribution in [1.29, 1.82) is 5.26 Å². The Hall–Kier alpha value is -1.28. The van der Waals surface area contributed by atoms with Crippen LogP contribution in [0, 0.1) is 17.2 Å². The summed E-state index contributed by atoms with van der Waals surface area (Å²) in [7, 11) is 0. The Morgan fingerprint density at radius 3 is 2.78 bits per heavy atom. The molecule has 0 aromatic rings. The van der Waals surface area contributed by atoms with Crippen molar-refractivity contribution in [3.8, 4) is 6.07 Å². The van der Waals surface area contributed by atoms with Crippen molar-refractivity contribution in [2.75, 3.05) is 26.3 Å². The number of carbonyl (C=O) groups is 1. The van der Waals surface area contributed by atoms with Gasteiger partial charge in [0.25, 0.3) is 0 Å². The van der Waals surface area contributed by atoms with Gasteiger partial charge in [-0.3, -0.25) is 0 Å². The monoisotopic (exact) mass is 254 g/mol. The summed E-state index contributed by atoms with van der Waals surface area (Å²) < 4.78 is 10.6. The first-order valence-corrected chi connectivity index (χ1v) is 6.35. The van der Waals surface area contributed by atoms with Crippen LogP contribution >= 0.6 is 0 Å². The van der Waals surface area contributed by atoms with Crippen LogP contribution in [0.25, 0.3) is 0 Å². The number of hydrogen-bond donors (Lipinski definition) is 0. The van der Waals surface area contributed by atoms with Crippen LogP contribution in [-0.2, 0) is 9.47 Å². The first-order chi connectivity index (χ1) is 8.42. The molecule has 0 N–H and O–H groups in total. The van der Waals surface area contributed by atoms with Crippen LogP contribution in [0.15, 0.2) is 0 Å². The molecular weight excluding hydrogens is 232 g/mol. The molecule has 5 nitrogen and oxygen atoms in total. The third kappa shape index (κ3) is 5.37. The van der Waals surface area contributed by atoms with Gasteiger partial charge in [0.05, 0.1) is 19.1 Å². The van der Waals surface area contributed by atoms with E-state index >= 15 is 0 Å². The third-order valence-corrected chi connectivity index (χ3v) is 2.65. The molecule has 1 fully saturated rings. The summed E-state index contributed by atoms with van der Waals surface area (Å²) in [6, 6.07) is 2.06. The van der Waals surface area contributed by atoms with E-state index in [1.165, 1.54) is 0 Å². The number of ether oxygens (including phenoxy) is 2. The fraction of sp³-hybridized carbons (Fsp3) is 0.846. The summed E-state index contributed by atoms with van der Waals surface area (Å²) in [5.41, 5.74) is -0.506. The van der Waals surface area contributed by atoms with Gasteiger partial charge in [0, 0.05) is 25.6 Å². The van der Waals surface area contributed by atoms with E-state index in [1.54, 1.807) is 4.90 Å². The number of carbonyl (C=O) groups excluding carboxylic acids is 1. The molecule has 1 rings (SSSR count). The summed E-state index contributed by atoms with van der Waals surface area (Å²) in [5.74, 6) is 0.358. The van der Waals surface area contributed by atoms with Crippen LogP contribution in [-0.4, -0.2) is 42.9 Å². The summed E-state index contributed by atoms with van der Waals surface area (Å²) in [6.07, 6.45) is 0.947. The topological polar surface area (TPSA) is 62.6 Å². The Labute approximate surface area is 109 Å². The van der Waals surface area contributed by atoms with Crippen molar-refractivity contribution in [3.05, 3.63) is 0 Å². The number of nitrogens with zero attached hydrogens (tertiary/aromatic N) is 2. The van der Waals surface area contributed by atoms with Gasteiger partial charge in [0.15, 0.2) is 0 Å². The molecule has 102 valence electrons. The van der Waals surface area contributed by atoms with E-state index in [2.05, 4.69) is 6.07 Å². The lowest BCUT2D eigenvalue weighted by Crippen LogP contribution is -2.40. The van der Waals surface area contributed by atoms with Gasteiger partial charge < -0.3 is 14.4 Å². The molecule has 1 atom stereocenters. The van der Waals surface area contributed by atoms with Crippen molar-refractivity contribution in [3.63, 3.8) is 0 Å². The second-order valence-electron chi connectivity index (χ2n) is 5.56. The third-order valence-electron chi connectivity index (χ3n) is 2.65. The molecule has 0 spiro atoms. The molecule has 1 heterocycles. The molecular formula is C13H22N2O3. The molecule has 0 aromatic carbocycles. The molecule has 1 saturated heterocycles. The Balaban J connectivity index is 2.53. The van der Waals surface area contributed by atoms with Crippen molar-refractivity contribution in [1.82, 2.24) is 4.90 Å². The van der Waals surface area contributed by atoms with Gasteiger partial charge in [-0.25, -0.2) is 4.79 Å². The lowest BCUT2D eigenvalue weighted by Gasteiger charge is -2.28. The average molecular weight is 254 g/mol. The predicted octanol–water partition coefficient (Wildman–Crippen LogP) is 2.17. The van der Waals surface area contributed by atoms with Gasteiger partial charge in [-0.2, -0.15) is 5.26 Å². The first-order valence-electron chi connectivity index (χ1n) is 6.35. The fourth-order valence-electron chi connectivity index (χ4n) is 1.81.